The first-order valence-electron chi connectivity index (χ1n) is 11.2. The largest absolute Gasteiger partial charge is 0.456 e. The number of fused-ring (bicyclic) bond motifs is 4. The van der Waals surface area contributed by atoms with Crippen molar-refractivity contribution in [2.24, 2.45) is 0 Å². The summed E-state index contributed by atoms with van der Waals surface area (Å²) in [5, 5.41) is 1.72. The van der Waals surface area contributed by atoms with E-state index in [2.05, 4.69) is 0 Å². The summed E-state index contributed by atoms with van der Waals surface area (Å²) >= 11 is 0. The van der Waals surface area contributed by atoms with Gasteiger partial charge in [0.15, 0.2) is 0 Å². The fraction of sp³-hybridized carbons (Fsp3) is 0.0690. The van der Waals surface area contributed by atoms with E-state index >= 15 is 0 Å². The lowest BCUT2D eigenvalue weighted by Gasteiger charge is -2.24. The van der Waals surface area contributed by atoms with Gasteiger partial charge in [0, 0.05) is 17.2 Å². The Morgan fingerprint density at radius 3 is 2.11 bits per heavy atom. The molecule has 1 aromatic heterocycles. The van der Waals surface area contributed by atoms with Crippen molar-refractivity contribution in [3.8, 4) is 5.75 Å². The maximum absolute atomic E-state index is 13.5. The number of esters is 1. The van der Waals surface area contributed by atoms with Crippen LogP contribution in [-0.2, 0) is 11.2 Å². The molecule has 5 aromatic rings. The van der Waals surface area contributed by atoms with E-state index in [4.69, 9.17) is 9.15 Å². The Hall–Kier alpha value is -4.71. The monoisotopic (exact) mass is 461 g/mol. The van der Waals surface area contributed by atoms with E-state index in [1.165, 1.54) is 0 Å². The lowest BCUT2D eigenvalue weighted by atomic mass is 10.0. The quantitative estimate of drug-likeness (QED) is 0.199. The SMILES string of the molecule is O=C(Oc1ccc2oc3ccccc3c2c1)[C@@H](Cc1ccccc1)N1C(=O)c2ccccc2C1=O. The van der Waals surface area contributed by atoms with Gasteiger partial charge < -0.3 is 9.15 Å². The number of hydrogen-bond acceptors (Lipinski definition) is 5. The van der Waals surface area contributed by atoms with Crippen LogP contribution < -0.4 is 4.74 Å². The van der Waals surface area contributed by atoms with Crippen molar-refractivity contribution in [3.05, 3.63) is 114 Å². The summed E-state index contributed by atoms with van der Waals surface area (Å²) in [6.45, 7) is 0. The number of rotatable bonds is 5. The number of amides is 2. The molecule has 6 rings (SSSR count). The second-order valence-corrected chi connectivity index (χ2v) is 8.41. The predicted octanol–water partition coefficient (Wildman–Crippen LogP) is 5.40. The van der Waals surface area contributed by atoms with Crippen molar-refractivity contribution in [3.63, 3.8) is 0 Å². The van der Waals surface area contributed by atoms with Crippen LogP contribution in [0.2, 0.25) is 0 Å². The molecule has 0 saturated heterocycles. The molecule has 1 aliphatic rings. The normalized spacial score (nSPS) is 13.9. The molecule has 0 saturated carbocycles. The maximum atomic E-state index is 13.5. The molecule has 2 heterocycles. The molecule has 0 radical (unpaired) electrons. The van der Waals surface area contributed by atoms with E-state index in [0.717, 1.165) is 26.8 Å². The van der Waals surface area contributed by atoms with Crippen molar-refractivity contribution in [1.29, 1.82) is 0 Å². The van der Waals surface area contributed by atoms with Crippen LogP contribution in [0.5, 0.6) is 5.75 Å². The third-order valence-electron chi connectivity index (χ3n) is 6.25. The Bertz CT molecular complexity index is 1580. The highest BCUT2D eigenvalue weighted by Crippen LogP contribution is 2.32. The minimum absolute atomic E-state index is 0.141. The molecule has 1 aliphatic heterocycles. The summed E-state index contributed by atoms with van der Waals surface area (Å²) in [6.07, 6.45) is 0.141. The van der Waals surface area contributed by atoms with Crippen molar-refractivity contribution < 1.29 is 23.5 Å². The van der Waals surface area contributed by atoms with Crippen molar-refractivity contribution in [2.75, 3.05) is 0 Å². The topological polar surface area (TPSA) is 76.8 Å². The summed E-state index contributed by atoms with van der Waals surface area (Å²) in [5.74, 6) is -1.38. The molecule has 4 aromatic carbocycles. The molecule has 0 fully saturated rings. The first kappa shape index (κ1) is 20.9. The number of para-hydroxylation sites is 1. The molecule has 1 atom stereocenters. The molecule has 6 heteroatoms. The van der Waals surface area contributed by atoms with E-state index in [1.807, 2.05) is 54.6 Å². The fourth-order valence-electron chi connectivity index (χ4n) is 4.56. The van der Waals surface area contributed by atoms with E-state index in [0.29, 0.717) is 11.3 Å². The molecule has 0 spiro atoms. The van der Waals surface area contributed by atoms with Crippen LogP contribution in [-0.4, -0.2) is 28.7 Å². The summed E-state index contributed by atoms with van der Waals surface area (Å²) < 4.78 is 11.6. The molecule has 0 unspecified atom stereocenters. The van der Waals surface area contributed by atoms with Gasteiger partial charge in [0.1, 0.15) is 23.0 Å². The van der Waals surface area contributed by atoms with E-state index in [9.17, 15) is 14.4 Å². The molecule has 0 aliphatic carbocycles. The van der Waals surface area contributed by atoms with Gasteiger partial charge in [-0.2, -0.15) is 0 Å². The number of nitrogens with zero attached hydrogens (tertiary/aromatic N) is 1. The molecule has 6 nitrogen and oxygen atoms in total. The smallest absolute Gasteiger partial charge is 0.335 e. The van der Waals surface area contributed by atoms with Crippen LogP contribution in [0.3, 0.4) is 0 Å². The molecular weight excluding hydrogens is 442 g/mol. The number of furan rings is 1. The van der Waals surface area contributed by atoms with Gasteiger partial charge in [0.05, 0.1) is 11.1 Å². The zero-order valence-electron chi connectivity index (χ0n) is 18.5. The van der Waals surface area contributed by atoms with Gasteiger partial charge in [-0.25, -0.2) is 4.79 Å². The maximum Gasteiger partial charge on any atom is 0.335 e. The Balaban J connectivity index is 1.36. The van der Waals surface area contributed by atoms with Crippen LogP contribution in [0.4, 0.5) is 0 Å². The van der Waals surface area contributed by atoms with Gasteiger partial charge in [-0.1, -0.05) is 60.7 Å². The fourth-order valence-corrected chi connectivity index (χ4v) is 4.56. The first-order chi connectivity index (χ1) is 17.1. The minimum Gasteiger partial charge on any atom is -0.456 e. The van der Waals surface area contributed by atoms with Crippen molar-refractivity contribution in [1.82, 2.24) is 4.90 Å². The highest BCUT2D eigenvalue weighted by Gasteiger charge is 2.43. The number of imide groups is 1. The number of hydrogen-bond donors (Lipinski definition) is 0. The summed E-state index contributed by atoms with van der Waals surface area (Å²) in [5.41, 5.74) is 2.79. The van der Waals surface area contributed by atoms with Gasteiger partial charge in [0.25, 0.3) is 11.8 Å². The Kier molecular flexibility index (Phi) is 4.92. The lowest BCUT2D eigenvalue weighted by molar-refractivity contribution is -0.138. The lowest BCUT2D eigenvalue weighted by Crippen LogP contribution is -2.48. The van der Waals surface area contributed by atoms with Crippen molar-refractivity contribution in [2.45, 2.75) is 12.5 Å². The van der Waals surface area contributed by atoms with Crippen LogP contribution in [0.1, 0.15) is 26.3 Å². The minimum atomic E-state index is -1.12. The zero-order chi connectivity index (χ0) is 23.9. The second kappa shape index (κ2) is 8.25. The average Bonchev–Trinajstić information content (AvgIpc) is 3.38. The summed E-state index contributed by atoms with van der Waals surface area (Å²) in [6, 6.07) is 27.4. The van der Waals surface area contributed by atoms with Gasteiger partial charge in [-0.05, 0) is 42.0 Å². The zero-order valence-corrected chi connectivity index (χ0v) is 18.5. The van der Waals surface area contributed by atoms with Crippen molar-refractivity contribution >= 4 is 39.7 Å². The molecule has 170 valence electrons. The average molecular weight is 461 g/mol. The highest BCUT2D eigenvalue weighted by molar-refractivity contribution is 6.22. The van der Waals surface area contributed by atoms with Crippen LogP contribution in [0.15, 0.2) is 101 Å². The van der Waals surface area contributed by atoms with Crippen LogP contribution >= 0.6 is 0 Å². The van der Waals surface area contributed by atoms with Gasteiger partial charge in [0.2, 0.25) is 0 Å². The Morgan fingerprint density at radius 1 is 0.743 bits per heavy atom. The van der Waals surface area contributed by atoms with E-state index in [-0.39, 0.29) is 17.5 Å². The third-order valence-corrected chi connectivity index (χ3v) is 6.25. The standard InChI is InChI=1S/C29H19NO5/c31-27-21-11-4-5-12-22(21)28(32)30(27)24(16-18-8-2-1-3-9-18)29(33)34-19-14-15-26-23(17-19)20-10-6-7-13-25(20)35-26/h1-15,17,24H,16H2/t24-/m1/s1. The summed E-state index contributed by atoms with van der Waals surface area (Å²) in [7, 11) is 0. The molecule has 0 bridgehead atoms. The number of benzene rings is 4. The van der Waals surface area contributed by atoms with E-state index in [1.54, 1.807) is 42.5 Å². The number of carbonyl (C=O) groups is 3. The van der Waals surface area contributed by atoms with Gasteiger partial charge in [-0.3, -0.25) is 14.5 Å². The molecule has 0 N–H and O–H groups in total. The van der Waals surface area contributed by atoms with E-state index < -0.39 is 23.8 Å². The second-order valence-electron chi connectivity index (χ2n) is 8.41. The highest BCUT2D eigenvalue weighted by atomic mass is 16.5. The molecular formula is C29H19NO5. The van der Waals surface area contributed by atoms with Crippen LogP contribution in [0, 0.1) is 0 Å². The molecule has 2 amide bonds. The number of carbonyl (C=O) groups excluding carboxylic acids is 3. The molecule has 35 heavy (non-hydrogen) atoms. The Labute approximate surface area is 200 Å². The predicted molar refractivity (Wildman–Crippen MR) is 130 cm³/mol. The number of ether oxygens (including phenoxy) is 1. The third kappa shape index (κ3) is 3.56. The van der Waals surface area contributed by atoms with Gasteiger partial charge >= 0.3 is 5.97 Å². The van der Waals surface area contributed by atoms with Crippen LogP contribution in [0.25, 0.3) is 21.9 Å². The Morgan fingerprint density at radius 2 is 1.37 bits per heavy atom. The first-order valence-corrected chi connectivity index (χ1v) is 11.2. The van der Waals surface area contributed by atoms with Gasteiger partial charge in [-0.15, -0.1) is 0 Å². The summed E-state index contributed by atoms with van der Waals surface area (Å²) in [4.78, 5) is 40.8.